The Hall–Kier alpha value is -4.26. The Morgan fingerprint density at radius 2 is 1.73 bits per heavy atom. The van der Waals surface area contributed by atoms with E-state index in [4.69, 9.17) is 9.84 Å². The summed E-state index contributed by atoms with van der Waals surface area (Å²) in [6, 6.07) is 24.5. The van der Waals surface area contributed by atoms with Crippen molar-refractivity contribution < 1.29 is 9.53 Å². The first-order valence-electron chi connectivity index (χ1n) is 10.7. The van der Waals surface area contributed by atoms with E-state index in [0.29, 0.717) is 17.3 Å². The maximum absolute atomic E-state index is 13.5. The maximum atomic E-state index is 13.5. The number of carbonyl (C=O) groups is 1. The van der Waals surface area contributed by atoms with Gasteiger partial charge in [-0.15, -0.1) is 0 Å². The highest BCUT2D eigenvalue weighted by Crippen LogP contribution is 2.33. The van der Waals surface area contributed by atoms with Crippen LogP contribution in [-0.2, 0) is 11.3 Å². The van der Waals surface area contributed by atoms with Crippen LogP contribution in [0.2, 0.25) is 0 Å². The van der Waals surface area contributed by atoms with Gasteiger partial charge in [-0.1, -0.05) is 54.6 Å². The molecule has 0 saturated carbocycles. The van der Waals surface area contributed by atoms with Crippen molar-refractivity contribution in [2.75, 3.05) is 7.11 Å². The Morgan fingerprint density at radius 3 is 2.48 bits per heavy atom. The van der Waals surface area contributed by atoms with E-state index >= 15 is 0 Å². The van der Waals surface area contributed by atoms with Gasteiger partial charge in [-0.3, -0.25) is 14.3 Å². The number of amides is 1. The molecule has 0 spiro atoms. The molecule has 1 aliphatic rings. The number of nitrogens with zero attached hydrogens (tertiary/aromatic N) is 4. The first kappa shape index (κ1) is 20.6. The third-order valence-electron chi connectivity index (χ3n) is 5.82. The molecule has 7 nitrogen and oxygen atoms in total. The molecule has 3 aromatic carbocycles. The normalized spacial score (nSPS) is 15.5. The molecule has 0 unspecified atom stereocenters. The molecule has 1 aliphatic heterocycles. The SMILES string of the molecule is COc1ccc([C@H]2CC(c3ccccc3)=NN2C(=O)Cn2ncc(=O)c3ccccc32)cc1. The van der Waals surface area contributed by atoms with Crippen molar-refractivity contribution in [3.8, 4) is 5.75 Å². The molecule has 33 heavy (non-hydrogen) atoms. The monoisotopic (exact) mass is 438 g/mol. The molecule has 0 aliphatic carbocycles. The molecule has 1 aromatic heterocycles. The molecule has 0 saturated heterocycles. The van der Waals surface area contributed by atoms with Gasteiger partial charge in [0.25, 0.3) is 5.91 Å². The Kier molecular flexibility index (Phi) is 5.44. The summed E-state index contributed by atoms with van der Waals surface area (Å²) in [5.74, 6) is 0.547. The molecule has 1 atom stereocenters. The zero-order valence-electron chi connectivity index (χ0n) is 18.1. The summed E-state index contributed by atoms with van der Waals surface area (Å²) in [6.45, 7) is -0.0288. The van der Waals surface area contributed by atoms with Crippen molar-refractivity contribution in [1.29, 1.82) is 0 Å². The van der Waals surface area contributed by atoms with Gasteiger partial charge in [-0.05, 0) is 35.4 Å². The van der Waals surface area contributed by atoms with E-state index in [1.807, 2.05) is 60.7 Å². The number of para-hydroxylation sites is 1. The molecule has 0 bridgehead atoms. The van der Waals surface area contributed by atoms with E-state index in [2.05, 4.69) is 5.10 Å². The third kappa shape index (κ3) is 4.01. The van der Waals surface area contributed by atoms with Gasteiger partial charge in [0.1, 0.15) is 12.3 Å². The summed E-state index contributed by atoms with van der Waals surface area (Å²) in [5, 5.41) is 11.0. The fourth-order valence-electron chi connectivity index (χ4n) is 4.12. The van der Waals surface area contributed by atoms with Crippen LogP contribution in [-0.4, -0.2) is 33.5 Å². The van der Waals surface area contributed by atoms with Gasteiger partial charge in [-0.2, -0.15) is 10.2 Å². The highest BCUT2D eigenvalue weighted by atomic mass is 16.5. The zero-order chi connectivity index (χ0) is 22.8. The van der Waals surface area contributed by atoms with Crippen LogP contribution in [0.3, 0.4) is 0 Å². The number of rotatable bonds is 5. The quantitative estimate of drug-likeness (QED) is 0.475. The van der Waals surface area contributed by atoms with Gasteiger partial charge in [0, 0.05) is 11.8 Å². The molecule has 2 heterocycles. The number of hydrazone groups is 1. The minimum atomic E-state index is -0.246. The molecule has 1 amide bonds. The molecular formula is C26H22N4O3. The number of hydrogen-bond donors (Lipinski definition) is 0. The number of ether oxygens (including phenoxy) is 1. The Morgan fingerprint density at radius 1 is 1.00 bits per heavy atom. The lowest BCUT2D eigenvalue weighted by atomic mass is 9.98. The summed E-state index contributed by atoms with van der Waals surface area (Å²) in [5.41, 5.74) is 3.25. The van der Waals surface area contributed by atoms with Gasteiger partial charge < -0.3 is 4.74 Å². The fraction of sp³-hybridized carbons (Fsp3) is 0.154. The molecule has 5 rings (SSSR count). The summed E-state index contributed by atoms with van der Waals surface area (Å²) in [4.78, 5) is 25.6. The third-order valence-corrected chi connectivity index (χ3v) is 5.82. The molecule has 0 radical (unpaired) electrons. The topological polar surface area (TPSA) is 76.8 Å². The predicted molar refractivity (Wildman–Crippen MR) is 126 cm³/mol. The number of methoxy groups -OCH3 is 1. The number of aromatic nitrogens is 2. The smallest absolute Gasteiger partial charge is 0.264 e. The number of hydrogen-bond acceptors (Lipinski definition) is 5. The second-order valence-electron chi connectivity index (χ2n) is 7.83. The molecule has 0 fully saturated rings. The lowest BCUT2D eigenvalue weighted by Crippen LogP contribution is -2.31. The molecule has 164 valence electrons. The average Bonchev–Trinajstić information content (AvgIpc) is 3.32. The van der Waals surface area contributed by atoms with Crippen molar-refractivity contribution in [1.82, 2.24) is 14.8 Å². The fourth-order valence-corrected chi connectivity index (χ4v) is 4.12. The van der Waals surface area contributed by atoms with Crippen LogP contribution in [0.15, 0.2) is 95.0 Å². The van der Waals surface area contributed by atoms with Crippen LogP contribution >= 0.6 is 0 Å². The van der Waals surface area contributed by atoms with Crippen LogP contribution in [0.5, 0.6) is 5.75 Å². The van der Waals surface area contributed by atoms with E-state index in [1.54, 1.807) is 35.0 Å². The van der Waals surface area contributed by atoms with E-state index in [-0.39, 0.29) is 23.9 Å². The van der Waals surface area contributed by atoms with Gasteiger partial charge in [0.05, 0.1) is 30.6 Å². The number of benzene rings is 3. The molecule has 7 heteroatoms. The van der Waals surface area contributed by atoms with Gasteiger partial charge in [0.2, 0.25) is 5.43 Å². The Bertz CT molecular complexity index is 1390. The molecule has 4 aromatic rings. The summed E-state index contributed by atoms with van der Waals surface area (Å²) < 4.78 is 6.84. The van der Waals surface area contributed by atoms with Crippen LogP contribution in [0.25, 0.3) is 10.9 Å². The summed E-state index contributed by atoms with van der Waals surface area (Å²) in [7, 11) is 1.62. The first-order valence-corrected chi connectivity index (χ1v) is 10.7. The Balaban J connectivity index is 1.50. The van der Waals surface area contributed by atoms with Crippen molar-refractivity contribution in [3.05, 3.63) is 106 Å². The highest BCUT2D eigenvalue weighted by molar-refractivity contribution is 6.03. The van der Waals surface area contributed by atoms with Crippen molar-refractivity contribution in [2.45, 2.75) is 19.0 Å². The van der Waals surface area contributed by atoms with Crippen molar-refractivity contribution in [3.63, 3.8) is 0 Å². The lowest BCUT2D eigenvalue weighted by Gasteiger charge is -2.23. The number of fused-ring (bicyclic) bond motifs is 1. The largest absolute Gasteiger partial charge is 0.497 e. The second kappa shape index (κ2) is 8.70. The second-order valence-corrected chi connectivity index (χ2v) is 7.83. The minimum Gasteiger partial charge on any atom is -0.497 e. The predicted octanol–water partition coefficient (Wildman–Crippen LogP) is 3.78. The van der Waals surface area contributed by atoms with E-state index < -0.39 is 0 Å². The molecular weight excluding hydrogens is 416 g/mol. The van der Waals surface area contributed by atoms with Gasteiger partial charge in [-0.25, -0.2) is 5.01 Å². The standard InChI is InChI=1S/C26H22N4O3/c1-33-20-13-11-19(12-14-20)24-15-22(18-7-3-2-4-8-18)28-30(24)26(32)17-29-23-10-6-5-9-21(23)25(31)16-27-29/h2-14,16,24H,15,17H2,1H3/t24-/m1/s1. The zero-order valence-corrected chi connectivity index (χ0v) is 18.1. The van der Waals surface area contributed by atoms with E-state index in [0.717, 1.165) is 22.6 Å². The van der Waals surface area contributed by atoms with Crippen LogP contribution in [0, 0.1) is 0 Å². The van der Waals surface area contributed by atoms with Gasteiger partial charge in [0.15, 0.2) is 0 Å². The summed E-state index contributed by atoms with van der Waals surface area (Å²) in [6.07, 6.45) is 1.85. The number of carbonyl (C=O) groups excluding carboxylic acids is 1. The average molecular weight is 438 g/mol. The maximum Gasteiger partial charge on any atom is 0.264 e. The van der Waals surface area contributed by atoms with E-state index in [9.17, 15) is 9.59 Å². The van der Waals surface area contributed by atoms with Gasteiger partial charge >= 0.3 is 0 Å². The van der Waals surface area contributed by atoms with Crippen molar-refractivity contribution in [2.24, 2.45) is 5.10 Å². The minimum absolute atomic E-state index is 0.0288. The van der Waals surface area contributed by atoms with E-state index in [1.165, 1.54) is 6.20 Å². The lowest BCUT2D eigenvalue weighted by molar-refractivity contribution is -0.133. The summed E-state index contributed by atoms with van der Waals surface area (Å²) >= 11 is 0. The highest BCUT2D eigenvalue weighted by Gasteiger charge is 2.33. The van der Waals surface area contributed by atoms with Crippen LogP contribution in [0.4, 0.5) is 0 Å². The van der Waals surface area contributed by atoms with Crippen LogP contribution in [0.1, 0.15) is 23.6 Å². The Labute approximate surface area is 190 Å². The van der Waals surface area contributed by atoms with Crippen LogP contribution < -0.4 is 10.2 Å². The first-order chi connectivity index (χ1) is 16.1. The molecule has 0 N–H and O–H groups in total. The van der Waals surface area contributed by atoms with Crippen molar-refractivity contribution >= 4 is 22.5 Å².